The molecule has 0 bridgehead atoms. The van der Waals surface area contributed by atoms with Crippen molar-refractivity contribution in [2.24, 2.45) is 0 Å². The van der Waals surface area contributed by atoms with Gasteiger partial charge in [-0.2, -0.15) is 0 Å². The van der Waals surface area contributed by atoms with Gasteiger partial charge in [0.1, 0.15) is 16.7 Å². The van der Waals surface area contributed by atoms with Gasteiger partial charge in [-0.05, 0) is 35.9 Å². The number of carboxylic acid groups (broad SMARTS) is 1. The number of benzene rings is 1. The van der Waals surface area contributed by atoms with Crippen molar-refractivity contribution in [2.75, 3.05) is 7.11 Å². The number of thiocarbonyl (C=S) groups is 1. The summed E-state index contributed by atoms with van der Waals surface area (Å²) < 4.78 is 16.5. The fourth-order valence-electron chi connectivity index (χ4n) is 2.18. The quantitative estimate of drug-likeness (QED) is 0.573. The predicted octanol–water partition coefficient (Wildman–Crippen LogP) is 3.05. The first-order valence-electron chi connectivity index (χ1n) is 7.34. The summed E-state index contributed by atoms with van der Waals surface area (Å²) in [6.45, 7) is 0.0522. The van der Waals surface area contributed by atoms with E-state index in [2.05, 4.69) is 5.32 Å². The van der Waals surface area contributed by atoms with Crippen molar-refractivity contribution in [1.82, 2.24) is 5.32 Å². The van der Waals surface area contributed by atoms with Crippen LogP contribution in [0.15, 0.2) is 39.7 Å². The maximum Gasteiger partial charge on any atom is 0.371 e. The van der Waals surface area contributed by atoms with Gasteiger partial charge in [-0.25, -0.2) is 4.79 Å². The maximum absolute atomic E-state index is 11.7. The van der Waals surface area contributed by atoms with E-state index in [9.17, 15) is 9.59 Å². The van der Waals surface area contributed by atoms with Crippen molar-refractivity contribution in [2.45, 2.75) is 6.61 Å². The third-order valence-corrected chi connectivity index (χ3v) is 4.53. The van der Waals surface area contributed by atoms with E-state index in [4.69, 9.17) is 31.2 Å². The molecular weight excluding hydrogens is 378 g/mol. The Kier molecular flexibility index (Phi) is 5.29. The van der Waals surface area contributed by atoms with Gasteiger partial charge >= 0.3 is 5.97 Å². The summed E-state index contributed by atoms with van der Waals surface area (Å²) in [7, 11) is 1.50. The average molecular weight is 391 g/mol. The molecular formula is C17H13NO6S2. The van der Waals surface area contributed by atoms with E-state index in [1.165, 1.54) is 31.0 Å². The lowest BCUT2D eigenvalue weighted by Crippen LogP contribution is -2.17. The summed E-state index contributed by atoms with van der Waals surface area (Å²) in [5, 5.41) is 11.4. The van der Waals surface area contributed by atoms with Crippen LogP contribution in [0.4, 0.5) is 0 Å². The van der Waals surface area contributed by atoms with Gasteiger partial charge in [-0.1, -0.05) is 30.0 Å². The van der Waals surface area contributed by atoms with E-state index in [0.29, 0.717) is 26.5 Å². The lowest BCUT2D eigenvalue weighted by Gasteiger charge is -2.10. The molecule has 0 aliphatic carbocycles. The Morgan fingerprint density at radius 3 is 2.77 bits per heavy atom. The highest BCUT2D eigenvalue weighted by Gasteiger charge is 2.22. The largest absolute Gasteiger partial charge is 0.493 e. The minimum absolute atomic E-state index is 0.0522. The molecule has 0 spiro atoms. The Morgan fingerprint density at radius 2 is 2.15 bits per heavy atom. The smallest absolute Gasteiger partial charge is 0.371 e. The van der Waals surface area contributed by atoms with Gasteiger partial charge in [0.2, 0.25) is 5.76 Å². The summed E-state index contributed by atoms with van der Waals surface area (Å²) in [4.78, 5) is 23.0. The Morgan fingerprint density at radius 1 is 1.35 bits per heavy atom. The van der Waals surface area contributed by atoms with Crippen molar-refractivity contribution in [3.05, 3.63) is 52.3 Å². The predicted molar refractivity (Wildman–Crippen MR) is 99.3 cm³/mol. The van der Waals surface area contributed by atoms with Crippen molar-refractivity contribution >= 4 is 46.3 Å². The van der Waals surface area contributed by atoms with Crippen LogP contribution in [0.5, 0.6) is 11.5 Å². The number of carboxylic acids is 1. The zero-order valence-corrected chi connectivity index (χ0v) is 15.1. The molecule has 0 saturated carbocycles. The zero-order chi connectivity index (χ0) is 18.7. The van der Waals surface area contributed by atoms with Gasteiger partial charge in [0, 0.05) is 0 Å². The van der Waals surface area contributed by atoms with E-state index < -0.39 is 5.97 Å². The molecule has 2 heterocycles. The molecule has 9 heteroatoms. The first kappa shape index (κ1) is 18.0. The molecule has 0 radical (unpaired) electrons. The molecule has 26 heavy (non-hydrogen) atoms. The van der Waals surface area contributed by atoms with Crippen LogP contribution in [0.1, 0.15) is 21.9 Å². The SMILES string of the molecule is COc1cc(/C=C2/SC(=S)NC2=O)ccc1OCc1ccc(C(=O)O)o1. The maximum atomic E-state index is 11.7. The number of rotatable bonds is 6. The van der Waals surface area contributed by atoms with E-state index in [1.807, 2.05) is 0 Å². The number of aromatic carboxylic acids is 1. The number of hydrogen-bond acceptors (Lipinski definition) is 7. The van der Waals surface area contributed by atoms with Crippen LogP contribution in [0.25, 0.3) is 6.08 Å². The number of carbonyl (C=O) groups excluding carboxylic acids is 1. The Bertz CT molecular complexity index is 918. The minimum atomic E-state index is -1.14. The van der Waals surface area contributed by atoms with Crippen LogP contribution >= 0.6 is 24.0 Å². The number of amides is 1. The highest BCUT2D eigenvalue weighted by Crippen LogP contribution is 2.32. The van der Waals surface area contributed by atoms with Crippen LogP contribution < -0.4 is 14.8 Å². The molecule has 1 aromatic heterocycles. The van der Waals surface area contributed by atoms with Crippen molar-refractivity contribution < 1.29 is 28.6 Å². The van der Waals surface area contributed by atoms with Crippen LogP contribution in [0.2, 0.25) is 0 Å². The second-order valence-electron chi connectivity index (χ2n) is 5.12. The Labute approximate surface area is 158 Å². The third-order valence-electron chi connectivity index (χ3n) is 3.37. The summed E-state index contributed by atoms with van der Waals surface area (Å²) in [5.41, 5.74) is 0.753. The summed E-state index contributed by atoms with van der Waals surface area (Å²) >= 11 is 6.16. The molecule has 134 valence electrons. The monoisotopic (exact) mass is 391 g/mol. The molecule has 0 unspecified atom stereocenters. The minimum Gasteiger partial charge on any atom is -0.493 e. The second kappa shape index (κ2) is 7.63. The average Bonchev–Trinajstić information content (AvgIpc) is 3.20. The van der Waals surface area contributed by atoms with Gasteiger partial charge in [0.15, 0.2) is 11.5 Å². The lowest BCUT2D eigenvalue weighted by atomic mass is 10.2. The normalized spacial score (nSPS) is 15.2. The number of nitrogens with one attached hydrogen (secondary N) is 1. The first-order valence-corrected chi connectivity index (χ1v) is 8.56. The highest BCUT2D eigenvalue weighted by molar-refractivity contribution is 8.26. The number of thioether (sulfide) groups is 1. The third kappa shape index (κ3) is 4.06. The van der Waals surface area contributed by atoms with Crippen LogP contribution in [-0.2, 0) is 11.4 Å². The van der Waals surface area contributed by atoms with Crippen LogP contribution in [0.3, 0.4) is 0 Å². The molecule has 2 N–H and O–H groups in total. The highest BCUT2D eigenvalue weighted by atomic mass is 32.2. The number of carbonyl (C=O) groups is 2. The van der Waals surface area contributed by atoms with Gasteiger partial charge in [-0.15, -0.1) is 0 Å². The number of methoxy groups -OCH3 is 1. The van der Waals surface area contributed by atoms with Crippen molar-refractivity contribution in [3.63, 3.8) is 0 Å². The Balaban J connectivity index is 1.74. The van der Waals surface area contributed by atoms with Crippen molar-refractivity contribution in [3.8, 4) is 11.5 Å². The molecule has 7 nitrogen and oxygen atoms in total. The molecule has 1 amide bonds. The van der Waals surface area contributed by atoms with E-state index in [0.717, 1.165) is 5.56 Å². The van der Waals surface area contributed by atoms with E-state index in [-0.39, 0.29) is 18.3 Å². The zero-order valence-electron chi connectivity index (χ0n) is 13.5. The Hall–Kier alpha value is -2.78. The fourth-order valence-corrected chi connectivity index (χ4v) is 3.23. The first-order chi connectivity index (χ1) is 12.5. The molecule has 0 atom stereocenters. The molecule has 1 aromatic carbocycles. The van der Waals surface area contributed by atoms with Crippen LogP contribution in [0, 0.1) is 0 Å². The van der Waals surface area contributed by atoms with Crippen molar-refractivity contribution in [1.29, 1.82) is 0 Å². The van der Waals surface area contributed by atoms with Gasteiger partial charge in [0.05, 0.1) is 12.0 Å². The molecule has 2 aromatic rings. The fraction of sp³-hybridized carbons (Fsp3) is 0.118. The number of hydrogen-bond donors (Lipinski definition) is 2. The van der Waals surface area contributed by atoms with Crippen LogP contribution in [-0.4, -0.2) is 28.4 Å². The number of ether oxygens (including phenoxy) is 2. The van der Waals surface area contributed by atoms with E-state index >= 15 is 0 Å². The second-order valence-corrected chi connectivity index (χ2v) is 6.84. The topological polar surface area (TPSA) is 98.0 Å². The standard InChI is InChI=1S/C17H13NO6S2/c1-22-13-6-9(7-14-15(19)18-17(25)26-14)2-4-11(13)23-8-10-3-5-12(24-10)16(20)21/h2-7H,8H2,1H3,(H,20,21)(H,18,19,25)/b14-7+. The van der Waals surface area contributed by atoms with E-state index in [1.54, 1.807) is 24.3 Å². The lowest BCUT2D eigenvalue weighted by molar-refractivity contribution is -0.115. The molecule has 1 aliphatic heterocycles. The molecule has 1 saturated heterocycles. The molecule has 1 fully saturated rings. The summed E-state index contributed by atoms with van der Waals surface area (Å²) in [5.74, 6) is -0.214. The molecule has 3 rings (SSSR count). The summed E-state index contributed by atoms with van der Waals surface area (Å²) in [6, 6.07) is 8.09. The summed E-state index contributed by atoms with van der Waals surface area (Å²) in [6.07, 6.45) is 1.71. The molecule has 1 aliphatic rings. The number of furan rings is 1. The van der Waals surface area contributed by atoms with Gasteiger partial charge < -0.3 is 24.3 Å². The van der Waals surface area contributed by atoms with Gasteiger partial charge in [0.25, 0.3) is 5.91 Å². The van der Waals surface area contributed by atoms with Gasteiger partial charge in [-0.3, -0.25) is 4.79 Å².